The molecule has 0 aromatic heterocycles. The Labute approximate surface area is 74.2 Å². The van der Waals surface area contributed by atoms with Crippen molar-refractivity contribution in [3.63, 3.8) is 0 Å². The summed E-state index contributed by atoms with van der Waals surface area (Å²) in [5.74, 6) is 0. The molecule has 0 aliphatic rings. The van der Waals surface area contributed by atoms with Crippen molar-refractivity contribution in [2.75, 3.05) is 6.54 Å². The third kappa shape index (κ3) is 9.27. The number of nitrogens with one attached hydrogen (secondary N) is 1. The van der Waals surface area contributed by atoms with E-state index in [9.17, 15) is 4.79 Å². The zero-order valence-corrected chi connectivity index (χ0v) is 7.81. The highest BCUT2D eigenvalue weighted by molar-refractivity contribution is 5.64. The SMILES string of the molecule is CCCCCCCCNC(=O)O. The first-order valence-electron chi connectivity index (χ1n) is 4.74. The highest BCUT2D eigenvalue weighted by atomic mass is 16.4. The van der Waals surface area contributed by atoms with Crippen LogP contribution in [0.2, 0.25) is 0 Å². The minimum atomic E-state index is -0.913. The van der Waals surface area contributed by atoms with E-state index in [0.717, 1.165) is 12.8 Å². The van der Waals surface area contributed by atoms with Gasteiger partial charge in [-0.1, -0.05) is 39.0 Å². The lowest BCUT2D eigenvalue weighted by Crippen LogP contribution is -2.21. The molecule has 0 saturated carbocycles. The van der Waals surface area contributed by atoms with Crippen LogP contribution in [0.25, 0.3) is 0 Å². The van der Waals surface area contributed by atoms with Crippen molar-refractivity contribution < 1.29 is 9.90 Å². The van der Waals surface area contributed by atoms with Crippen molar-refractivity contribution in [3.8, 4) is 0 Å². The van der Waals surface area contributed by atoms with Gasteiger partial charge in [-0.2, -0.15) is 0 Å². The average molecular weight is 173 g/mol. The predicted molar refractivity (Wildman–Crippen MR) is 49.4 cm³/mol. The maximum absolute atomic E-state index is 10.0. The van der Waals surface area contributed by atoms with Gasteiger partial charge in [0.1, 0.15) is 0 Å². The second-order valence-electron chi connectivity index (χ2n) is 3.00. The molecule has 0 aliphatic carbocycles. The molecule has 3 nitrogen and oxygen atoms in total. The van der Waals surface area contributed by atoms with Crippen LogP contribution < -0.4 is 5.32 Å². The highest BCUT2D eigenvalue weighted by Gasteiger charge is 1.92. The summed E-state index contributed by atoms with van der Waals surface area (Å²) in [7, 11) is 0. The number of unbranched alkanes of at least 4 members (excludes halogenated alkanes) is 5. The summed E-state index contributed by atoms with van der Waals surface area (Å²) in [5.41, 5.74) is 0. The Balaban J connectivity index is 2.86. The monoisotopic (exact) mass is 173 g/mol. The third-order valence-corrected chi connectivity index (χ3v) is 1.81. The lowest BCUT2D eigenvalue weighted by atomic mass is 10.1. The maximum atomic E-state index is 10.0. The van der Waals surface area contributed by atoms with Gasteiger partial charge in [-0.25, -0.2) is 4.79 Å². The third-order valence-electron chi connectivity index (χ3n) is 1.81. The minimum absolute atomic E-state index is 0.599. The largest absolute Gasteiger partial charge is 0.465 e. The molecule has 0 aliphatic heterocycles. The van der Waals surface area contributed by atoms with E-state index in [1.165, 1.54) is 25.7 Å². The summed E-state index contributed by atoms with van der Waals surface area (Å²) < 4.78 is 0. The van der Waals surface area contributed by atoms with Gasteiger partial charge in [0, 0.05) is 6.54 Å². The first-order chi connectivity index (χ1) is 5.77. The first-order valence-corrected chi connectivity index (χ1v) is 4.74. The average Bonchev–Trinajstić information content (AvgIpc) is 2.02. The Morgan fingerprint density at radius 2 is 1.75 bits per heavy atom. The van der Waals surface area contributed by atoms with Gasteiger partial charge in [0.2, 0.25) is 0 Å². The smallest absolute Gasteiger partial charge is 0.404 e. The van der Waals surface area contributed by atoms with Crippen LogP contribution in [-0.4, -0.2) is 17.7 Å². The lowest BCUT2D eigenvalue weighted by molar-refractivity contribution is 0.194. The van der Waals surface area contributed by atoms with Crippen molar-refractivity contribution in [1.82, 2.24) is 5.32 Å². The quantitative estimate of drug-likeness (QED) is 0.581. The van der Waals surface area contributed by atoms with Crippen molar-refractivity contribution in [2.45, 2.75) is 45.4 Å². The fraction of sp³-hybridized carbons (Fsp3) is 0.889. The van der Waals surface area contributed by atoms with Crippen molar-refractivity contribution in [1.29, 1.82) is 0 Å². The summed E-state index contributed by atoms with van der Waals surface area (Å²) in [6.45, 7) is 2.79. The van der Waals surface area contributed by atoms with Crippen LogP contribution in [0, 0.1) is 0 Å². The molecule has 0 aromatic carbocycles. The normalized spacial score (nSPS) is 9.75. The van der Waals surface area contributed by atoms with Gasteiger partial charge in [0.15, 0.2) is 0 Å². The van der Waals surface area contributed by atoms with Crippen LogP contribution >= 0.6 is 0 Å². The predicted octanol–water partition coefficient (Wildman–Crippen LogP) is 2.61. The Morgan fingerprint density at radius 3 is 2.33 bits per heavy atom. The second kappa shape index (κ2) is 8.37. The summed E-state index contributed by atoms with van der Waals surface area (Å²) in [5, 5.41) is 10.6. The molecule has 0 spiro atoms. The molecule has 0 heterocycles. The molecule has 0 radical (unpaired) electrons. The van der Waals surface area contributed by atoms with E-state index in [4.69, 9.17) is 5.11 Å². The Hall–Kier alpha value is -0.730. The molecule has 0 unspecified atom stereocenters. The van der Waals surface area contributed by atoms with Gasteiger partial charge in [-0.15, -0.1) is 0 Å². The van der Waals surface area contributed by atoms with Crippen molar-refractivity contribution in [2.24, 2.45) is 0 Å². The number of rotatable bonds is 7. The number of carbonyl (C=O) groups is 1. The van der Waals surface area contributed by atoms with E-state index < -0.39 is 6.09 Å². The fourth-order valence-corrected chi connectivity index (χ4v) is 1.10. The van der Waals surface area contributed by atoms with E-state index in [1.807, 2.05) is 0 Å². The summed E-state index contributed by atoms with van der Waals surface area (Å²) in [4.78, 5) is 10.0. The van der Waals surface area contributed by atoms with E-state index in [0.29, 0.717) is 6.54 Å². The molecule has 0 atom stereocenters. The second-order valence-corrected chi connectivity index (χ2v) is 3.00. The van der Waals surface area contributed by atoms with Gasteiger partial charge in [-0.05, 0) is 6.42 Å². The Morgan fingerprint density at radius 1 is 1.17 bits per heavy atom. The molecule has 0 bridgehead atoms. The number of hydrogen-bond donors (Lipinski definition) is 2. The van der Waals surface area contributed by atoms with Crippen LogP contribution in [0.4, 0.5) is 4.79 Å². The fourth-order valence-electron chi connectivity index (χ4n) is 1.10. The van der Waals surface area contributed by atoms with Crippen LogP contribution in [0.3, 0.4) is 0 Å². The van der Waals surface area contributed by atoms with Crippen molar-refractivity contribution in [3.05, 3.63) is 0 Å². The molecule has 1 amide bonds. The van der Waals surface area contributed by atoms with Crippen LogP contribution in [0.15, 0.2) is 0 Å². The molecule has 0 rings (SSSR count). The van der Waals surface area contributed by atoms with Gasteiger partial charge in [-0.3, -0.25) is 0 Å². The maximum Gasteiger partial charge on any atom is 0.404 e. The minimum Gasteiger partial charge on any atom is -0.465 e. The molecule has 0 fully saturated rings. The van der Waals surface area contributed by atoms with Gasteiger partial charge in [0.25, 0.3) is 0 Å². The summed E-state index contributed by atoms with van der Waals surface area (Å²) in [6.07, 6.45) is 6.26. The van der Waals surface area contributed by atoms with Crippen molar-refractivity contribution >= 4 is 6.09 Å². The van der Waals surface area contributed by atoms with E-state index in [-0.39, 0.29) is 0 Å². The molecular formula is C9H19NO2. The molecular weight excluding hydrogens is 154 g/mol. The number of amides is 1. The number of hydrogen-bond acceptors (Lipinski definition) is 1. The summed E-state index contributed by atoms with van der Waals surface area (Å²) >= 11 is 0. The first kappa shape index (κ1) is 11.3. The molecule has 2 N–H and O–H groups in total. The highest BCUT2D eigenvalue weighted by Crippen LogP contribution is 2.03. The zero-order chi connectivity index (χ0) is 9.23. The molecule has 0 aromatic rings. The molecule has 12 heavy (non-hydrogen) atoms. The van der Waals surface area contributed by atoms with Gasteiger partial charge >= 0.3 is 6.09 Å². The van der Waals surface area contributed by atoms with Gasteiger partial charge < -0.3 is 10.4 Å². The summed E-state index contributed by atoms with van der Waals surface area (Å²) in [6, 6.07) is 0. The van der Waals surface area contributed by atoms with Gasteiger partial charge in [0.05, 0.1) is 0 Å². The lowest BCUT2D eigenvalue weighted by Gasteiger charge is -2.00. The Kier molecular flexibility index (Phi) is 7.86. The topological polar surface area (TPSA) is 49.3 Å². The van der Waals surface area contributed by atoms with E-state index >= 15 is 0 Å². The standard InChI is InChI=1S/C9H19NO2/c1-2-3-4-5-6-7-8-10-9(11)12/h10H,2-8H2,1H3,(H,11,12). The van der Waals surface area contributed by atoms with E-state index in [1.54, 1.807) is 0 Å². The van der Waals surface area contributed by atoms with Crippen LogP contribution in [0.5, 0.6) is 0 Å². The molecule has 72 valence electrons. The molecule has 0 saturated heterocycles. The molecule has 3 heteroatoms. The number of carboxylic acid groups (broad SMARTS) is 1. The van der Waals surface area contributed by atoms with Crippen LogP contribution in [-0.2, 0) is 0 Å². The van der Waals surface area contributed by atoms with E-state index in [2.05, 4.69) is 12.2 Å². The van der Waals surface area contributed by atoms with Crippen LogP contribution in [0.1, 0.15) is 45.4 Å². The zero-order valence-electron chi connectivity index (χ0n) is 7.81. The Bertz CT molecular complexity index is 115.